The van der Waals surface area contributed by atoms with Crippen LogP contribution in [0.1, 0.15) is 32.6 Å². The summed E-state index contributed by atoms with van der Waals surface area (Å²) in [6.07, 6.45) is 4.15. The maximum absolute atomic E-state index is 12.6. The first-order valence-corrected chi connectivity index (χ1v) is 9.18. The second-order valence-corrected chi connectivity index (χ2v) is 7.63. The van der Waals surface area contributed by atoms with Gasteiger partial charge in [-0.25, -0.2) is 0 Å². The Balaban J connectivity index is 1.92. The van der Waals surface area contributed by atoms with Crippen LogP contribution in [0.25, 0.3) is 0 Å². The lowest BCUT2D eigenvalue weighted by Crippen LogP contribution is -2.56. The lowest BCUT2D eigenvalue weighted by Gasteiger charge is -2.40. The van der Waals surface area contributed by atoms with Crippen LogP contribution in [0.5, 0.6) is 0 Å². The van der Waals surface area contributed by atoms with Crippen LogP contribution in [-0.2, 0) is 10.2 Å². The molecule has 1 unspecified atom stereocenters. The number of piperazine rings is 1. The molecule has 2 fully saturated rings. The quantitative estimate of drug-likeness (QED) is 0.780. The van der Waals surface area contributed by atoms with E-state index in [9.17, 15) is 8.42 Å². The van der Waals surface area contributed by atoms with Crippen molar-refractivity contribution in [1.82, 2.24) is 13.5 Å². The third kappa shape index (κ3) is 3.51. The van der Waals surface area contributed by atoms with Gasteiger partial charge in [0.1, 0.15) is 0 Å². The fourth-order valence-corrected chi connectivity index (χ4v) is 4.80. The molecular weight excluding hydrogens is 276 g/mol. The van der Waals surface area contributed by atoms with Crippen LogP contribution in [0.2, 0.25) is 0 Å². The Morgan fingerprint density at radius 1 is 0.950 bits per heavy atom. The van der Waals surface area contributed by atoms with E-state index in [1.165, 1.54) is 0 Å². The molecule has 0 aromatic carbocycles. The lowest BCUT2D eigenvalue weighted by molar-refractivity contribution is 0.132. The standard InChI is InChI=1S/C13H28N4O2S/c1-2-13(12-14)15-8-10-17(11-9-15)20(18,19)16-6-4-3-5-7-16/h13H,2-12,14H2,1H3. The van der Waals surface area contributed by atoms with E-state index in [0.717, 1.165) is 38.8 Å². The Labute approximate surface area is 123 Å². The maximum Gasteiger partial charge on any atom is 0.282 e. The summed E-state index contributed by atoms with van der Waals surface area (Å²) >= 11 is 0. The van der Waals surface area contributed by atoms with Crippen molar-refractivity contribution in [2.45, 2.75) is 38.6 Å². The molecule has 0 saturated carbocycles. The molecule has 118 valence electrons. The molecule has 2 rings (SSSR count). The van der Waals surface area contributed by atoms with Gasteiger partial charge in [0.25, 0.3) is 10.2 Å². The molecule has 0 aromatic rings. The van der Waals surface area contributed by atoms with E-state index >= 15 is 0 Å². The molecule has 0 bridgehead atoms. The zero-order valence-corrected chi connectivity index (χ0v) is 13.3. The van der Waals surface area contributed by atoms with Gasteiger partial charge in [-0.2, -0.15) is 17.0 Å². The highest BCUT2D eigenvalue weighted by Gasteiger charge is 2.33. The molecule has 2 N–H and O–H groups in total. The smallest absolute Gasteiger partial charge is 0.282 e. The monoisotopic (exact) mass is 304 g/mol. The van der Waals surface area contributed by atoms with Crippen molar-refractivity contribution in [3.8, 4) is 0 Å². The van der Waals surface area contributed by atoms with Crippen molar-refractivity contribution in [3.63, 3.8) is 0 Å². The van der Waals surface area contributed by atoms with Gasteiger partial charge < -0.3 is 5.73 Å². The highest BCUT2D eigenvalue weighted by Crippen LogP contribution is 2.18. The highest BCUT2D eigenvalue weighted by molar-refractivity contribution is 7.86. The SMILES string of the molecule is CCC(CN)N1CCN(S(=O)(=O)N2CCCCC2)CC1. The van der Waals surface area contributed by atoms with Gasteiger partial charge in [0.05, 0.1) is 0 Å². The van der Waals surface area contributed by atoms with E-state index in [1.54, 1.807) is 8.61 Å². The minimum Gasteiger partial charge on any atom is -0.329 e. The molecule has 0 aliphatic carbocycles. The van der Waals surface area contributed by atoms with Gasteiger partial charge in [-0.1, -0.05) is 13.3 Å². The average molecular weight is 304 g/mol. The van der Waals surface area contributed by atoms with Crippen LogP contribution in [0, 0.1) is 0 Å². The van der Waals surface area contributed by atoms with Crippen LogP contribution in [-0.4, -0.2) is 73.8 Å². The van der Waals surface area contributed by atoms with Gasteiger partial charge in [-0.15, -0.1) is 0 Å². The van der Waals surface area contributed by atoms with Gasteiger partial charge in [0.2, 0.25) is 0 Å². The fourth-order valence-electron chi connectivity index (χ4n) is 3.13. The lowest BCUT2D eigenvalue weighted by atomic mass is 10.1. The van der Waals surface area contributed by atoms with E-state index in [0.29, 0.717) is 38.8 Å². The van der Waals surface area contributed by atoms with E-state index in [4.69, 9.17) is 5.73 Å². The number of piperidine rings is 1. The molecule has 2 heterocycles. The van der Waals surface area contributed by atoms with Gasteiger partial charge >= 0.3 is 0 Å². The molecule has 2 saturated heterocycles. The van der Waals surface area contributed by atoms with Crippen LogP contribution in [0.4, 0.5) is 0 Å². The fraction of sp³-hybridized carbons (Fsp3) is 1.00. The zero-order valence-electron chi connectivity index (χ0n) is 12.5. The van der Waals surface area contributed by atoms with Crippen molar-refractivity contribution in [2.75, 3.05) is 45.8 Å². The summed E-state index contributed by atoms with van der Waals surface area (Å²) in [4.78, 5) is 2.32. The van der Waals surface area contributed by atoms with Gasteiger partial charge in [0, 0.05) is 51.9 Å². The summed E-state index contributed by atoms with van der Waals surface area (Å²) in [7, 11) is -3.24. The van der Waals surface area contributed by atoms with Crippen molar-refractivity contribution in [3.05, 3.63) is 0 Å². The van der Waals surface area contributed by atoms with E-state index in [2.05, 4.69) is 11.8 Å². The van der Waals surface area contributed by atoms with Crippen LogP contribution < -0.4 is 5.73 Å². The van der Waals surface area contributed by atoms with Crippen molar-refractivity contribution in [1.29, 1.82) is 0 Å². The number of nitrogens with zero attached hydrogens (tertiary/aromatic N) is 3. The molecular formula is C13H28N4O2S. The molecule has 0 amide bonds. The zero-order chi connectivity index (χ0) is 14.6. The molecule has 2 aliphatic heterocycles. The Morgan fingerprint density at radius 3 is 2.00 bits per heavy atom. The minimum absolute atomic E-state index is 0.384. The average Bonchev–Trinajstić information content (AvgIpc) is 2.50. The van der Waals surface area contributed by atoms with Crippen molar-refractivity contribution >= 4 is 10.2 Å². The molecule has 6 nitrogen and oxygen atoms in total. The molecule has 0 spiro atoms. The molecule has 7 heteroatoms. The first-order chi connectivity index (χ1) is 9.59. The second kappa shape index (κ2) is 7.17. The Kier molecular flexibility index (Phi) is 5.80. The Morgan fingerprint density at radius 2 is 1.50 bits per heavy atom. The number of rotatable bonds is 5. The third-order valence-electron chi connectivity index (χ3n) is 4.50. The topological polar surface area (TPSA) is 69.9 Å². The van der Waals surface area contributed by atoms with Crippen molar-refractivity contribution in [2.24, 2.45) is 5.73 Å². The van der Waals surface area contributed by atoms with Gasteiger partial charge in [-0.05, 0) is 19.3 Å². The first-order valence-electron chi connectivity index (χ1n) is 7.79. The third-order valence-corrected chi connectivity index (χ3v) is 6.54. The number of hydrogen-bond acceptors (Lipinski definition) is 4. The van der Waals surface area contributed by atoms with Gasteiger partial charge in [-0.3, -0.25) is 4.90 Å². The van der Waals surface area contributed by atoms with Crippen LogP contribution in [0.15, 0.2) is 0 Å². The highest BCUT2D eigenvalue weighted by atomic mass is 32.2. The second-order valence-electron chi connectivity index (χ2n) is 5.70. The molecule has 0 aromatic heterocycles. The van der Waals surface area contributed by atoms with E-state index < -0.39 is 10.2 Å². The van der Waals surface area contributed by atoms with E-state index in [1.807, 2.05) is 0 Å². The Hall–Kier alpha value is -0.210. The summed E-state index contributed by atoms with van der Waals surface area (Å²) < 4.78 is 28.4. The Bertz CT molecular complexity index is 383. The summed E-state index contributed by atoms with van der Waals surface area (Å²) in [5.74, 6) is 0. The van der Waals surface area contributed by atoms with Crippen LogP contribution in [0.3, 0.4) is 0 Å². The number of nitrogens with two attached hydrogens (primary N) is 1. The summed E-state index contributed by atoms with van der Waals surface area (Å²) in [5.41, 5.74) is 5.77. The summed E-state index contributed by atoms with van der Waals surface area (Å²) in [5, 5.41) is 0. The van der Waals surface area contributed by atoms with Crippen LogP contribution >= 0.6 is 0 Å². The largest absolute Gasteiger partial charge is 0.329 e. The minimum atomic E-state index is -3.24. The van der Waals surface area contributed by atoms with Gasteiger partial charge in [0.15, 0.2) is 0 Å². The summed E-state index contributed by atoms with van der Waals surface area (Å²) in [6, 6.07) is 0.384. The first kappa shape index (κ1) is 16.2. The molecule has 2 aliphatic rings. The van der Waals surface area contributed by atoms with Crippen molar-refractivity contribution < 1.29 is 8.42 Å². The number of hydrogen-bond donors (Lipinski definition) is 1. The normalized spacial score (nSPS) is 25.7. The maximum atomic E-state index is 12.6. The predicted octanol–water partition coefficient (Wildman–Crippen LogP) is 0.0720. The summed E-state index contributed by atoms with van der Waals surface area (Å²) in [6.45, 7) is 6.92. The molecule has 0 radical (unpaired) electrons. The molecule has 1 atom stereocenters. The van der Waals surface area contributed by atoms with E-state index in [-0.39, 0.29) is 0 Å². The molecule has 20 heavy (non-hydrogen) atoms. The predicted molar refractivity (Wildman–Crippen MR) is 80.6 cm³/mol.